The normalized spacial score (nSPS) is 15.6. The maximum Gasteiger partial charge on any atom is 0.258 e. The molecule has 1 aliphatic heterocycles. The second kappa shape index (κ2) is 6.69. The molecule has 1 aromatic carbocycles. The summed E-state index contributed by atoms with van der Waals surface area (Å²) < 4.78 is 1.58. The van der Waals surface area contributed by atoms with Gasteiger partial charge in [0, 0.05) is 50.7 Å². The van der Waals surface area contributed by atoms with Gasteiger partial charge in [-0.1, -0.05) is 24.3 Å². The highest BCUT2D eigenvalue weighted by atomic mass is 16.1. The van der Waals surface area contributed by atoms with Crippen LogP contribution in [0.25, 0.3) is 5.65 Å². The van der Waals surface area contributed by atoms with E-state index in [9.17, 15) is 4.79 Å². The van der Waals surface area contributed by atoms with E-state index in [0.717, 1.165) is 38.4 Å². The molecule has 1 aliphatic rings. The summed E-state index contributed by atoms with van der Waals surface area (Å²) in [6.45, 7) is 6.83. The van der Waals surface area contributed by atoms with Gasteiger partial charge in [0.25, 0.3) is 5.56 Å². The summed E-state index contributed by atoms with van der Waals surface area (Å²) in [6, 6.07) is 15.8. The van der Waals surface area contributed by atoms with Gasteiger partial charge in [-0.05, 0) is 30.7 Å². The number of rotatable bonds is 3. The number of para-hydroxylation sites is 1. The third-order valence-electron chi connectivity index (χ3n) is 4.84. The molecule has 0 aliphatic carbocycles. The average molecular weight is 334 g/mol. The molecule has 3 aromatic rings. The number of aryl methyl sites for hydroxylation is 1. The maximum absolute atomic E-state index is 12.2. The van der Waals surface area contributed by atoms with E-state index in [0.29, 0.717) is 5.65 Å². The highest BCUT2D eigenvalue weighted by Gasteiger charge is 2.19. The van der Waals surface area contributed by atoms with Crippen molar-refractivity contribution >= 4 is 11.3 Å². The Morgan fingerprint density at radius 2 is 1.76 bits per heavy atom. The van der Waals surface area contributed by atoms with E-state index in [1.165, 1.54) is 11.3 Å². The van der Waals surface area contributed by atoms with Crippen molar-refractivity contribution in [2.45, 2.75) is 13.5 Å². The van der Waals surface area contributed by atoms with E-state index < -0.39 is 0 Å². The van der Waals surface area contributed by atoms with Gasteiger partial charge < -0.3 is 4.90 Å². The minimum atomic E-state index is -0.0147. The first kappa shape index (κ1) is 15.8. The van der Waals surface area contributed by atoms with Gasteiger partial charge in [-0.25, -0.2) is 4.98 Å². The van der Waals surface area contributed by atoms with E-state index in [4.69, 9.17) is 0 Å². The van der Waals surface area contributed by atoms with E-state index in [2.05, 4.69) is 46.0 Å². The zero-order valence-corrected chi connectivity index (χ0v) is 14.4. The van der Waals surface area contributed by atoms with Crippen LogP contribution in [0.3, 0.4) is 0 Å². The first-order chi connectivity index (χ1) is 12.2. The Hall–Kier alpha value is -2.66. The van der Waals surface area contributed by atoms with Gasteiger partial charge in [-0.3, -0.25) is 14.1 Å². The molecule has 0 unspecified atom stereocenters. The summed E-state index contributed by atoms with van der Waals surface area (Å²) in [6.07, 6.45) is 1.76. The molecule has 0 radical (unpaired) electrons. The summed E-state index contributed by atoms with van der Waals surface area (Å²) in [5.74, 6) is 0. The lowest BCUT2D eigenvalue weighted by Gasteiger charge is -2.36. The van der Waals surface area contributed by atoms with Crippen LogP contribution in [0.4, 0.5) is 5.69 Å². The molecule has 0 spiro atoms. The quantitative estimate of drug-likeness (QED) is 0.737. The molecule has 128 valence electrons. The summed E-state index contributed by atoms with van der Waals surface area (Å²) >= 11 is 0. The number of aromatic nitrogens is 2. The van der Waals surface area contributed by atoms with E-state index >= 15 is 0 Å². The van der Waals surface area contributed by atoms with Crippen LogP contribution in [0, 0.1) is 6.92 Å². The number of piperazine rings is 1. The Morgan fingerprint density at radius 3 is 2.56 bits per heavy atom. The van der Waals surface area contributed by atoms with Crippen LogP contribution in [0.1, 0.15) is 11.3 Å². The third-order valence-corrected chi connectivity index (χ3v) is 4.84. The molecule has 0 amide bonds. The molecule has 0 saturated carbocycles. The summed E-state index contributed by atoms with van der Waals surface area (Å²) in [7, 11) is 0. The van der Waals surface area contributed by atoms with Crippen LogP contribution in [0.15, 0.2) is 59.5 Å². The van der Waals surface area contributed by atoms with Crippen LogP contribution in [-0.2, 0) is 6.54 Å². The first-order valence-electron chi connectivity index (χ1n) is 8.71. The van der Waals surface area contributed by atoms with Crippen LogP contribution in [0.2, 0.25) is 0 Å². The Morgan fingerprint density at radius 1 is 1.00 bits per heavy atom. The average Bonchev–Trinajstić information content (AvgIpc) is 2.63. The van der Waals surface area contributed by atoms with Crippen molar-refractivity contribution < 1.29 is 0 Å². The highest BCUT2D eigenvalue weighted by Crippen LogP contribution is 2.21. The Kier molecular flexibility index (Phi) is 4.24. The summed E-state index contributed by atoms with van der Waals surface area (Å²) in [5.41, 5.74) is 4.19. The minimum Gasteiger partial charge on any atom is -0.369 e. The molecule has 25 heavy (non-hydrogen) atoms. The SMILES string of the molecule is Cc1ccccc1N1CCN(Cc2cc(=O)n3ccccc3n2)CC1. The van der Waals surface area contributed by atoms with E-state index in [-0.39, 0.29) is 5.56 Å². The van der Waals surface area contributed by atoms with E-state index in [1.54, 1.807) is 16.7 Å². The number of hydrogen-bond acceptors (Lipinski definition) is 4. The van der Waals surface area contributed by atoms with Crippen molar-refractivity contribution in [2.24, 2.45) is 0 Å². The van der Waals surface area contributed by atoms with Crippen LogP contribution >= 0.6 is 0 Å². The predicted molar refractivity (Wildman–Crippen MR) is 100 cm³/mol. The monoisotopic (exact) mass is 334 g/mol. The predicted octanol–water partition coefficient (Wildman–Crippen LogP) is 2.33. The smallest absolute Gasteiger partial charge is 0.258 e. The fourth-order valence-electron chi connectivity index (χ4n) is 3.48. The molecular formula is C20H22N4O. The minimum absolute atomic E-state index is 0.0147. The number of anilines is 1. The molecule has 0 bridgehead atoms. The highest BCUT2D eigenvalue weighted by molar-refractivity contribution is 5.53. The van der Waals surface area contributed by atoms with Gasteiger partial charge in [-0.15, -0.1) is 0 Å². The van der Waals surface area contributed by atoms with Gasteiger partial charge in [0.15, 0.2) is 0 Å². The van der Waals surface area contributed by atoms with Crippen LogP contribution in [-0.4, -0.2) is 40.5 Å². The van der Waals surface area contributed by atoms with Crippen molar-refractivity contribution in [3.05, 3.63) is 76.3 Å². The number of hydrogen-bond donors (Lipinski definition) is 0. The number of fused-ring (bicyclic) bond motifs is 1. The Labute approximate surface area is 147 Å². The maximum atomic E-state index is 12.2. The van der Waals surface area contributed by atoms with Gasteiger partial charge in [0.2, 0.25) is 0 Å². The lowest BCUT2D eigenvalue weighted by atomic mass is 10.1. The fourth-order valence-corrected chi connectivity index (χ4v) is 3.48. The van der Waals surface area contributed by atoms with Crippen molar-refractivity contribution in [3.63, 3.8) is 0 Å². The molecule has 1 fully saturated rings. The summed E-state index contributed by atoms with van der Waals surface area (Å²) in [5, 5.41) is 0. The molecule has 0 N–H and O–H groups in total. The number of benzene rings is 1. The molecule has 4 rings (SSSR count). The van der Waals surface area contributed by atoms with E-state index in [1.807, 2.05) is 18.2 Å². The lowest BCUT2D eigenvalue weighted by molar-refractivity contribution is 0.247. The van der Waals surface area contributed by atoms with Crippen molar-refractivity contribution in [2.75, 3.05) is 31.1 Å². The van der Waals surface area contributed by atoms with Crippen LogP contribution < -0.4 is 10.5 Å². The molecule has 0 atom stereocenters. The zero-order valence-electron chi connectivity index (χ0n) is 14.4. The Bertz CT molecular complexity index is 942. The van der Waals surface area contributed by atoms with Gasteiger partial charge in [-0.2, -0.15) is 0 Å². The van der Waals surface area contributed by atoms with Crippen molar-refractivity contribution in [1.29, 1.82) is 0 Å². The molecule has 5 nitrogen and oxygen atoms in total. The van der Waals surface area contributed by atoms with Crippen molar-refractivity contribution in [3.8, 4) is 0 Å². The number of nitrogens with zero attached hydrogens (tertiary/aromatic N) is 4. The summed E-state index contributed by atoms with van der Waals surface area (Å²) in [4.78, 5) is 21.7. The van der Waals surface area contributed by atoms with Gasteiger partial charge in [0.05, 0.1) is 5.69 Å². The molecule has 5 heteroatoms. The molecule has 3 heterocycles. The second-order valence-corrected chi connectivity index (χ2v) is 6.56. The topological polar surface area (TPSA) is 40.9 Å². The molecule has 2 aromatic heterocycles. The third kappa shape index (κ3) is 3.28. The zero-order chi connectivity index (χ0) is 17.2. The molecular weight excluding hydrogens is 312 g/mol. The second-order valence-electron chi connectivity index (χ2n) is 6.56. The fraction of sp³-hybridized carbons (Fsp3) is 0.300. The van der Waals surface area contributed by atoms with Crippen LogP contribution in [0.5, 0.6) is 0 Å². The standard InChI is InChI=1S/C20H22N4O/c1-16-6-2-3-7-18(16)23-12-10-22(11-13-23)15-17-14-20(25)24-9-5-4-8-19(24)21-17/h2-9,14H,10-13,15H2,1H3. The lowest BCUT2D eigenvalue weighted by Crippen LogP contribution is -2.46. The molecule has 1 saturated heterocycles. The Balaban J connectivity index is 1.45. The largest absolute Gasteiger partial charge is 0.369 e. The van der Waals surface area contributed by atoms with Gasteiger partial charge in [0.1, 0.15) is 5.65 Å². The first-order valence-corrected chi connectivity index (χ1v) is 8.71. The van der Waals surface area contributed by atoms with Gasteiger partial charge >= 0.3 is 0 Å². The number of pyridine rings is 1. The van der Waals surface area contributed by atoms with Crippen molar-refractivity contribution in [1.82, 2.24) is 14.3 Å².